The van der Waals surface area contributed by atoms with Crippen molar-refractivity contribution in [2.24, 2.45) is 0 Å². The Balaban J connectivity index is 2.17. The maximum atomic E-state index is 10.7. The van der Waals surface area contributed by atoms with Gasteiger partial charge >= 0.3 is 6.09 Å². The third kappa shape index (κ3) is 3.61. The van der Waals surface area contributed by atoms with Gasteiger partial charge in [0.05, 0.1) is 6.10 Å². The first-order valence-corrected chi connectivity index (χ1v) is 4.43. The van der Waals surface area contributed by atoms with Gasteiger partial charge in [-0.1, -0.05) is 0 Å². The molecule has 0 bridgehead atoms. The molecule has 5 nitrogen and oxygen atoms in total. The van der Waals surface area contributed by atoms with Gasteiger partial charge in [-0.25, -0.2) is 4.79 Å². The summed E-state index contributed by atoms with van der Waals surface area (Å²) in [5.41, 5.74) is 0. The molecule has 1 fully saturated rings. The minimum absolute atomic E-state index is 0.0268. The zero-order chi connectivity index (χ0) is 9.68. The maximum absolute atomic E-state index is 10.7. The average molecular weight is 188 g/mol. The first-order valence-electron chi connectivity index (χ1n) is 4.43. The molecule has 5 heteroatoms. The van der Waals surface area contributed by atoms with Crippen molar-refractivity contribution >= 4 is 6.09 Å². The van der Waals surface area contributed by atoms with Gasteiger partial charge in [0.15, 0.2) is 0 Å². The van der Waals surface area contributed by atoms with E-state index in [1.165, 1.54) is 7.05 Å². The SMILES string of the molecule is CNC(=O)OCC1CNCC(C)O1. The molecular weight excluding hydrogens is 172 g/mol. The molecule has 1 rings (SSSR count). The van der Waals surface area contributed by atoms with Gasteiger partial charge in [0.25, 0.3) is 0 Å². The second-order valence-corrected chi connectivity index (χ2v) is 3.08. The van der Waals surface area contributed by atoms with Crippen molar-refractivity contribution < 1.29 is 14.3 Å². The van der Waals surface area contributed by atoms with Gasteiger partial charge in [-0.2, -0.15) is 0 Å². The Kier molecular flexibility index (Phi) is 3.98. The van der Waals surface area contributed by atoms with E-state index in [9.17, 15) is 4.79 Å². The highest BCUT2D eigenvalue weighted by atomic mass is 16.6. The summed E-state index contributed by atoms with van der Waals surface area (Å²) in [6, 6.07) is 0. The summed E-state index contributed by atoms with van der Waals surface area (Å²) in [5, 5.41) is 5.57. The zero-order valence-corrected chi connectivity index (χ0v) is 8.00. The number of carbonyl (C=O) groups excluding carboxylic acids is 1. The van der Waals surface area contributed by atoms with Gasteiger partial charge in [0.2, 0.25) is 0 Å². The highest BCUT2D eigenvalue weighted by Gasteiger charge is 2.19. The van der Waals surface area contributed by atoms with Crippen LogP contribution < -0.4 is 10.6 Å². The molecule has 0 radical (unpaired) electrons. The number of alkyl carbamates (subject to hydrolysis) is 1. The molecule has 1 amide bonds. The number of ether oxygens (including phenoxy) is 2. The molecule has 0 aromatic carbocycles. The molecule has 1 saturated heterocycles. The van der Waals surface area contributed by atoms with Gasteiger partial charge in [-0.3, -0.25) is 0 Å². The van der Waals surface area contributed by atoms with Crippen LogP contribution in [-0.2, 0) is 9.47 Å². The van der Waals surface area contributed by atoms with Crippen molar-refractivity contribution in [3.05, 3.63) is 0 Å². The van der Waals surface area contributed by atoms with E-state index in [2.05, 4.69) is 10.6 Å². The molecular formula is C8H16N2O3. The molecule has 2 N–H and O–H groups in total. The average Bonchev–Trinajstić information content (AvgIpc) is 2.14. The van der Waals surface area contributed by atoms with E-state index in [0.29, 0.717) is 6.61 Å². The Labute approximate surface area is 77.8 Å². The Morgan fingerprint density at radius 3 is 3.08 bits per heavy atom. The Morgan fingerprint density at radius 2 is 2.46 bits per heavy atom. The number of morpholine rings is 1. The fourth-order valence-corrected chi connectivity index (χ4v) is 1.21. The summed E-state index contributed by atoms with van der Waals surface area (Å²) in [5.74, 6) is 0. The molecule has 2 unspecified atom stereocenters. The number of hydrogen-bond acceptors (Lipinski definition) is 4. The van der Waals surface area contributed by atoms with Crippen LogP contribution >= 0.6 is 0 Å². The minimum atomic E-state index is -0.415. The predicted octanol–water partition coefficient (Wildman–Crippen LogP) is -0.281. The standard InChI is InChI=1S/C8H16N2O3/c1-6-3-10-4-7(13-6)5-12-8(11)9-2/h6-7,10H,3-5H2,1-2H3,(H,9,11). The predicted molar refractivity (Wildman–Crippen MR) is 47.6 cm³/mol. The molecule has 1 aliphatic rings. The van der Waals surface area contributed by atoms with Gasteiger partial charge in [-0.15, -0.1) is 0 Å². The van der Waals surface area contributed by atoms with Crippen LogP contribution in [0.2, 0.25) is 0 Å². The Bertz CT molecular complexity index is 175. The largest absolute Gasteiger partial charge is 0.447 e. The molecule has 1 heterocycles. The number of amides is 1. The summed E-state index contributed by atoms with van der Waals surface area (Å²) < 4.78 is 10.4. The van der Waals surface area contributed by atoms with Crippen molar-refractivity contribution in [1.29, 1.82) is 0 Å². The topological polar surface area (TPSA) is 59.6 Å². The monoisotopic (exact) mass is 188 g/mol. The van der Waals surface area contributed by atoms with Crippen LogP contribution in [0.3, 0.4) is 0 Å². The summed E-state index contributed by atoms with van der Waals surface area (Å²) in [4.78, 5) is 10.7. The first kappa shape index (κ1) is 10.3. The van der Waals surface area contributed by atoms with Crippen molar-refractivity contribution in [2.75, 3.05) is 26.7 Å². The normalized spacial score (nSPS) is 28.2. The third-order valence-corrected chi connectivity index (χ3v) is 1.83. The minimum Gasteiger partial charge on any atom is -0.447 e. The molecule has 1 aliphatic heterocycles. The lowest BCUT2D eigenvalue weighted by Crippen LogP contribution is -2.46. The molecule has 2 atom stereocenters. The van der Waals surface area contributed by atoms with Crippen LogP contribution in [0.5, 0.6) is 0 Å². The maximum Gasteiger partial charge on any atom is 0.406 e. The fourth-order valence-electron chi connectivity index (χ4n) is 1.21. The van der Waals surface area contributed by atoms with E-state index in [0.717, 1.165) is 13.1 Å². The van der Waals surface area contributed by atoms with Gasteiger partial charge in [-0.05, 0) is 6.92 Å². The molecule has 0 saturated carbocycles. The van der Waals surface area contributed by atoms with E-state index >= 15 is 0 Å². The second-order valence-electron chi connectivity index (χ2n) is 3.08. The first-order chi connectivity index (χ1) is 6.22. The number of rotatable bonds is 2. The summed E-state index contributed by atoms with van der Waals surface area (Å²) in [6.07, 6.45) is -0.255. The molecule has 0 aliphatic carbocycles. The highest BCUT2D eigenvalue weighted by molar-refractivity contribution is 5.66. The number of carbonyl (C=O) groups is 1. The Morgan fingerprint density at radius 1 is 1.69 bits per heavy atom. The van der Waals surface area contributed by atoms with E-state index < -0.39 is 6.09 Å². The molecule has 0 aromatic rings. The van der Waals surface area contributed by atoms with Crippen LogP contribution in [0.15, 0.2) is 0 Å². The quantitative estimate of drug-likeness (QED) is 0.625. The second kappa shape index (κ2) is 5.04. The van der Waals surface area contributed by atoms with E-state index in [1.54, 1.807) is 0 Å². The lowest BCUT2D eigenvalue weighted by molar-refractivity contribution is -0.0544. The van der Waals surface area contributed by atoms with Crippen LogP contribution in [0.1, 0.15) is 6.92 Å². The molecule has 13 heavy (non-hydrogen) atoms. The van der Waals surface area contributed by atoms with Crippen molar-refractivity contribution in [3.63, 3.8) is 0 Å². The number of nitrogens with one attached hydrogen (secondary N) is 2. The third-order valence-electron chi connectivity index (χ3n) is 1.83. The Hall–Kier alpha value is -0.810. The van der Waals surface area contributed by atoms with Crippen LogP contribution in [0, 0.1) is 0 Å². The fraction of sp³-hybridized carbons (Fsp3) is 0.875. The van der Waals surface area contributed by atoms with Crippen LogP contribution in [0.4, 0.5) is 4.79 Å². The molecule has 0 aromatic heterocycles. The zero-order valence-electron chi connectivity index (χ0n) is 8.00. The van der Waals surface area contributed by atoms with Gasteiger partial charge < -0.3 is 20.1 Å². The van der Waals surface area contributed by atoms with E-state index in [-0.39, 0.29) is 12.2 Å². The van der Waals surface area contributed by atoms with E-state index in [1.807, 2.05) is 6.92 Å². The lowest BCUT2D eigenvalue weighted by Gasteiger charge is -2.28. The van der Waals surface area contributed by atoms with Crippen LogP contribution in [-0.4, -0.2) is 45.0 Å². The van der Waals surface area contributed by atoms with Crippen molar-refractivity contribution in [2.45, 2.75) is 19.1 Å². The van der Waals surface area contributed by atoms with Gasteiger partial charge in [0.1, 0.15) is 12.7 Å². The smallest absolute Gasteiger partial charge is 0.406 e. The summed E-state index contributed by atoms with van der Waals surface area (Å²) in [7, 11) is 1.53. The molecule has 76 valence electrons. The summed E-state index contributed by atoms with van der Waals surface area (Å²) in [6.45, 7) is 3.88. The van der Waals surface area contributed by atoms with Gasteiger partial charge in [0, 0.05) is 20.1 Å². The number of hydrogen-bond donors (Lipinski definition) is 2. The van der Waals surface area contributed by atoms with Crippen molar-refractivity contribution in [3.8, 4) is 0 Å². The molecule has 0 spiro atoms. The van der Waals surface area contributed by atoms with Crippen LogP contribution in [0.25, 0.3) is 0 Å². The lowest BCUT2D eigenvalue weighted by atomic mass is 10.2. The highest BCUT2D eigenvalue weighted by Crippen LogP contribution is 2.03. The van der Waals surface area contributed by atoms with E-state index in [4.69, 9.17) is 9.47 Å². The van der Waals surface area contributed by atoms with Crippen molar-refractivity contribution in [1.82, 2.24) is 10.6 Å². The summed E-state index contributed by atoms with van der Waals surface area (Å²) >= 11 is 0.